The summed E-state index contributed by atoms with van der Waals surface area (Å²) < 4.78 is 4.95. The van der Waals surface area contributed by atoms with Crippen LogP contribution in [-0.4, -0.2) is 31.3 Å². The molecule has 126 valence electrons. The standard InChI is InChI=1S/C17H19N3O4/c1-18-16(22)13-5-2-4-12(10-13)11-20-15(21)7-8-19-17(23)14-6-3-9-24-14/h2-6,9-10H,7-8,11H2,1H3,(H,18,22)(H,19,23)(H,20,21). The fourth-order valence-corrected chi connectivity index (χ4v) is 2.04. The van der Waals surface area contributed by atoms with Gasteiger partial charge in [0.05, 0.1) is 6.26 Å². The number of carbonyl (C=O) groups excluding carboxylic acids is 3. The molecular formula is C17H19N3O4. The van der Waals surface area contributed by atoms with Gasteiger partial charge in [0.1, 0.15) is 0 Å². The van der Waals surface area contributed by atoms with Crippen LogP contribution in [0.1, 0.15) is 32.9 Å². The zero-order chi connectivity index (χ0) is 17.4. The fourth-order valence-electron chi connectivity index (χ4n) is 2.04. The quantitative estimate of drug-likeness (QED) is 0.707. The van der Waals surface area contributed by atoms with Crippen molar-refractivity contribution in [1.29, 1.82) is 0 Å². The lowest BCUT2D eigenvalue weighted by molar-refractivity contribution is -0.121. The van der Waals surface area contributed by atoms with Crippen LogP contribution in [0.25, 0.3) is 0 Å². The van der Waals surface area contributed by atoms with Gasteiger partial charge in [-0.05, 0) is 29.8 Å². The maximum Gasteiger partial charge on any atom is 0.286 e. The summed E-state index contributed by atoms with van der Waals surface area (Å²) in [5.74, 6) is -0.517. The van der Waals surface area contributed by atoms with E-state index in [1.54, 1.807) is 37.4 Å². The summed E-state index contributed by atoms with van der Waals surface area (Å²) in [5.41, 5.74) is 1.36. The van der Waals surface area contributed by atoms with Crippen molar-refractivity contribution >= 4 is 17.7 Å². The van der Waals surface area contributed by atoms with Crippen LogP contribution in [-0.2, 0) is 11.3 Å². The minimum Gasteiger partial charge on any atom is -0.459 e. The topological polar surface area (TPSA) is 100 Å². The first-order valence-corrected chi connectivity index (χ1v) is 7.49. The molecule has 2 rings (SSSR count). The zero-order valence-corrected chi connectivity index (χ0v) is 13.3. The minimum atomic E-state index is -0.355. The van der Waals surface area contributed by atoms with Gasteiger partial charge in [-0.15, -0.1) is 0 Å². The monoisotopic (exact) mass is 329 g/mol. The predicted octanol–water partition coefficient (Wildman–Crippen LogP) is 1.08. The zero-order valence-electron chi connectivity index (χ0n) is 13.3. The molecule has 0 saturated carbocycles. The van der Waals surface area contributed by atoms with Crippen LogP contribution in [0.3, 0.4) is 0 Å². The number of benzene rings is 1. The Morgan fingerprint density at radius 2 is 1.88 bits per heavy atom. The van der Waals surface area contributed by atoms with Crippen LogP contribution in [0.15, 0.2) is 47.1 Å². The highest BCUT2D eigenvalue weighted by molar-refractivity contribution is 5.94. The molecule has 1 heterocycles. The van der Waals surface area contributed by atoms with Crippen LogP contribution >= 0.6 is 0 Å². The highest BCUT2D eigenvalue weighted by Gasteiger charge is 2.09. The van der Waals surface area contributed by atoms with E-state index in [1.807, 2.05) is 6.07 Å². The molecule has 0 bridgehead atoms. The molecular weight excluding hydrogens is 310 g/mol. The highest BCUT2D eigenvalue weighted by atomic mass is 16.3. The van der Waals surface area contributed by atoms with Gasteiger partial charge in [0, 0.05) is 32.1 Å². The third-order valence-electron chi connectivity index (χ3n) is 3.29. The average molecular weight is 329 g/mol. The Balaban J connectivity index is 1.73. The molecule has 7 nitrogen and oxygen atoms in total. The van der Waals surface area contributed by atoms with Crippen molar-refractivity contribution in [2.75, 3.05) is 13.6 Å². The van der Waals surface area contributed by atoms with Gasteiger partial charge in [0.2, 0.25) is 5.91 Å². The first kappa shape index (κ1) is 17.3. The van der Waals surface area contributed by atoms with Crippen molar-refractivity contribution in [2.45, 2.75) is 13.0 Å². The summed E-state index contributed by atoms with van der Waals surface area (Å²) in [6.45, 7) is 0.527. The molecule has 0 spiro atoms. The molecule has 1 aromatic carbocycles. The lowest BCUT2D eigenvalue weighted by atomic mass is 10.1. The Morgan fingerprint density at radius 3 is 2.58 bits per heavy atom. The normalized spacial score (nSPS) is 10.0. The van der Waals surface area contributed by atoms with Crippen molar-refractivity contribution in [1.82, 2.24) is 16.0 Å². The molecule has 7 heteroatoms. The number of furan rings is 1. The fraction of sp³-hybridized carbons (Fsp3) is 0.235. The number of rotatable bonds is 7. The second kappa shape index (κ2) is 8.52. The second-order valence-corrected chi connectivity index (χ2v) is 5.04. The van der Waals surface area contributed by atoms with E-state index in [0.29, 0.717) is 12.1 Å². The third-order valence-corrected chi connectivity index (χ3v) is 3.29. The molecule has 3 N–H and O–H groups in total. The minimum absolute atomic E-state index is 0.154. The molecule has 0 aliphatic rings. The lowest BCUT2D eigenvalue weighted by Gasteiger charge is -2.07. The van der Waals surface area contributed by atoms with Crippen LogP contribution in [0.4, 0.5) is 0 Å². The predicted molar refractivity (Wildman–Crippen MR) is 87.3 cm³/mol. The van der Waals surface area contributed by atoms with Gasteiger partial charge in [-0.2, -0.15) is 0 Å². The Labute approximate surface area is 139 Å². The largest absolute Gasteiger partial charge is 0.459 e. The van der Waals surface area contributed by atoms with Gasteiger partial charge >= 0.3 is 0 Å². The van der Waals surface area contributed by atoms with E-state index >= 15 is 0 Å². The molecule has 0 aliphatic heterocycles. The first-order valence-electron chi connectivity index (χ1n) is 7.49. The number of hydrogen-bond acceptors (Lipinski definition) is 4. The van der Waals surface area contributed by atoms with Crippen molar-refractivity contribution in [3.63, 3.8) is 0 Å². The summed E-state index contributed by atoms with van der Waals surface area (Å²) in [7, 11) is 1.56. The van der Waals surface area contributed by atoms with Gasteiger partial charge in [-0.1, -0.05) is 12.1 Å². The Hall–Kier alpha value is -3.09. The summed E-state index contributed by atoms with van der Waals surface area (Å²) in [4.78, 5) is 35.0. The summed E-state index contributed by atoms with van der Waals surface area (Å²) in [6, 6.07) is 10.2. The summed E-state index contributed by atoms with van der Waals surface area (Å²) in [5, 5.41) is 7.89. The van der Waals surface area contributed by atoms with Gasteiger partial charge in [-0.25, -0.2) is 0 Å². The highest BCUT2D eigenvalue weighted by Crippen LogP contribution is 2.05. The van der Waals surface area contributed by atoms with Gasteiger partial charge < -0.3 is 20.4 Å². The van der Waals surface area contributed by atoms with E-state index in [-0.39, 0.29) is 36.4 Å². The summed E-state index contributed by atoms with van der Waals surface area (Å²) in [6.07, 6.45) is 1.57. The molecule has 0 unspecified atom stereocenters. The van der Waals surface area contributed by atoms with E-state index in [2.05, 4.69) is 16.0 Å². The number of hydrogen-bond donors (Lipinski definition) is 3. The average Bonchev–Trinajstić information content (AvgIpc) is 3.14. The van der Waals surface area contributed by atoms with Gasteiger partial charge in [0.25, 0.3) is 11.8 Å². The molecule has 0 saturated heterocycles. The second-order valence-electron chi connectivity index (χ2n) is 5.04. The van der Waals surface area contributed by atoms with Crippen LogP contribution in [0, 0.1) is 0 Å². The maximum atomic E-state index is 11.8. The van der Waals surface area contributed by atoms with E-state index in [4.69, 9.17) is 4.42 Å². The Morgan fingerprint density at radius 1 is 1.04 bits per heavy atom. The van der Waals surface area contributed by atoms with Crippen molar-refractivity contribution < 1.29 is 18.8 Å². The van der Waals surface area contributed by atoms with Crippen molar-refractivity contribution in [3.05, 3.63) is 59.5 Å². The smallest absolute Gasteiger partial charge is 0.286 e. The SMILES string of the molecule is CNC(=O)c1cccc(CNC(=O)CCNC(=O)c2ccco2)c1. The Kier molecular flexibility index (Phi) is 6.13. The van der Waals surface area contributed by atoms with E-state index in [9.17, 15) is 14.4 Å². The summed E-state index contributed by atoms with van der Waals surface area (Å²) >= 11 is 0. The third kappa shape index (κ3) is 4.98. The first-order chi connectivity index (χ1) is 11.6. The van der Waals surface area contributed by atoms with E-state index in [0.717, 1.165) is 5.56 Å². The van der Waals surface area contributed by atoms with Gasteiger partial charge in [0.15, 0.2) is 5.76 Å². The number of carbonyl (C=O) groups is 3. The van der Waals surface area contributed by atoms with Crippen LogP contribution in [0.5, 0.6) is 0 Å². The molecule has 2 aromatic rings. The van der Waals surface area contributed by atoms with E-state index < -0.39 is 0 Å². The molecule has 3 amide bonds. The van der Waals surface area contributed by atoms with Crippen LogP contribution < -0.4 is 16.0 Å². The number of amides is 3. The van der Waals surface area contributed by atoms with Crippen molar-refractivity contribution in [3.8, 4) is 0 Å². The van der Waals surface area contributed by atoms with Crippen LogP contribution in [0.2, 0.25) is 0 Å². The maximum absolute atomic E-state index is 11.8. The van der Waals surface area contributed by atoms with Crippen molar-refractivity contribution in [2.24, 2.45) is 0 Å². The molecule has 1 aromatic heterocycles. The van der Waals surface area contributed by atoms with E-state index in [1.165, 1.54) is 6.26 Å². The number of nitrogens with one attached hydrogen (secondary N) is 3. The molecule has 24 heavy (non-hydrogen) atoms. The lowest BCUT2D eigenvalue weighted by Crippen LogP contribution is -2.30. The Bertz CT molecular complexity index is 710. The molecule has 0 atom stereocenters. The van der Waals surface area contributed by atoms with Gasteiger partial charge in [-0.3, -0.25) is 14.4 Å². The molecule has 0 radical (unpaired) electrons. The molecule has 0 aliphatic carbocycles. The molecule has 0 fully saturated rings.